The highest BCUT2D eigenvalue weighted by Gasteiger charge is 2.16. The maximum atomic E-state index is 12.1. The lowest BCUT2D eigenvalue weighted by atomic mass is 10.0. The van der Waals surface area contributed by atoms with Crippen LogP contribution >= 0.6 is 0 Å². The van der Waals surface area contributed by atoms with E-state index in [1.54, 1.807) is 6.92 Å². The summed E-state index contributed by atoms with van der Waals surface area (Å²) in [5.74, 6) is -1.29. The monoisotopic (exact) mass is 303 g/mol. The van der Waals surface area contributed by atoms with E-state index < -0.39 is 12.0 Å². The molecule has 0 saturated carbocycles. The minimum Gasteiger partial charge on any atom is -0.481 e. The van der Waals surface area contributed by atoms with E-state index in [0.717, 1.165) is 19.3 Å². The molecule has 0 saturated heterocycles. The van der Waals surface area contributed by atoms with Gasteiger partial charge in [0.25, 0.3) is 0 Å². The van der Waals surface area contributed by atoms with Gasteiger partial charge in [-0.25, -0.2) is 0 Å². The molecule has 0 fully saturated rings. The highest BCUT2D eigenvalue weighted by atomic mass is 16.4. The first-order valence-electron chi connectivity index (χ1n) is 7.62. The van der Waals surface area contributed by atoms with E-state index in [-0.39, 0.29) is 31.0 Å². The van der Waals surface area contributed by atoms with Crippen LogP contribution in [0.15, 0.2) is 18.2 Å². The van der Waals surface area contributed by atoms with Gasteiger partial charge in [0.15, 0.2) is 5.78 Å². The number of hydrogen-bond acceptors (Lipinski definition) is 3. The molecule has 0 heterocycles. The molecule has 22 heavy (non-hydrogen) atoms. The van der Waals surface area contributed by atoms with Crippen LogP contribution in [0.25, 0.3) is 0 Å². The van der Waals surface area contributed by atoms with Gasteiger partial charge in [0.2, 0.25) is 5.91 Å². The lowest BCUT2D eigenvalue weighted by Crippen LogP contribution is -2.34. The fraction of sp³-hybridized carbons (Fsp3) is 0.471. The highest BCUT2D eigenvalue weighted by molar-refractivity contribution is 5.98. The van der Waals surface area contributed by atoms with Crippen LogP contribution in [0.4, 0.5) is 0 Å². The number of carboxylic acids is 1. The van der Waals surface area contributed by atoms with Crippen molar-refractivity contribution in [2.75, 3.05) is 0 Å². The largest absolute Gasteiger partial charge is 0.481 e. The maximum absolute atomic E-state index is 12.1. The van der Waals surface area contributed by atoms with E-state index in [1.807, 2.05) is 18.2 Å². The molecule has 1 aliphatic carbocycles. The molecule has 2 rings (SSSR count). The zero-order valence-electron chi connectivity index (χ0n) is 12.7. The van der Waals surface area contributed by atoms with Crippen molar-refractivity contribution in [1.82, 2.24) is 5.32 Å². The summed E-state index contributed by atoms with van der Waals surface area (Å²) in [4.78, 5) is 34.4. The Kier molecular flexibility index (Phi) is 5.31. The van der Waals surface area contributed by atoms with Gasteiger partial charge < -0.3 is 10.4 Å². The Labute approximate surface area is 129 Å². The highest BCUT2D eigenvalue weighted by Crippen LogP contribution is 2.23. The molecule has 118 valence electrons. The number of ketones is 1. The number of carboxylic acid groups (broad SMARTS) is 1. The van der Waals surface area contributed by atoms with Crippen LogP contribution in [-0.2, 0) is 22.4 Å². The van der Waals surface area contributed by atoms with Crippen LogP contribution in [0, 0.1) is 0 Å². The number of carbonyl (C=O) groups is 3. The summed E-state index contributed by atoms with van der Waals surface area (Å²) >= 11 is 0. The maximum Gasteiger partial charge on any atom is 0.305 e. The molecule has 1 unspecified atom stereocenters. The molecule has 5 heteroatoms. The minimum atomic E-state index is -0.956. The summed E-state index contributed by atoms with van der Waals surface area (Å²) in [6.07, 6.45) is 3.34. The van der Waals surface area contributed by atoms with Crippen molar-refractivity contribution in [2.24, 2.45) is 0 Å². The molecule has 0 aromatic heterocycles. The summed E-state index contributed by atoms with van der Waals surface area (Å²) in [6.45, 7) is 1.63. The van der Waals surface area contributed by atoms with E-state index in [0.29, 0.717) is 5.56 Å². The zero-order chi connectivity index (χ0) is 16.1. The number of Topliss-reactive ketones (excluding diaryl/α,β-unsaturated/α-hetero) is 1. The third-order valence-corrected chi connectivity index (χ3v) is 3.89. The number of benzene rings is 1. The average molecular weight is 303 g/mol. The first-order chi connectivity index (χ1) is 10.5. The summed E-state index contributed by atoms with van der Waals surface area (Å²) in [5, 5.41) is 11.2. The van der Waals surface area contributed by atoms with Crippen LogP contribution < -0.4 is 5.32 Å². The smallest absolute Gasteiger partial charge is 0.305 e. The van der Waals surface area contributed by atoms with Gasteiger partial charge in [0.05, 0.1) is 6.42 Å². The van der Waals surface area contributed by atoms with E-state index in [2.05, 4.69) is 5.32 Å². The Bertz CT molecular complexity index is 594. The summed E-state index contributed by atoms with van der Waals surface area (Å²) in [5.41, 5.74) is 3.22. The minimum absolute atomic E-state index is 0.0456. The normalized spacial score (nSPS) is 14.2. The molecular formula is C17H21NO4. The molecule has 0 bridgehead atoms. The van der Waals surface area contributed by atoms with Crippen molar-refractivity contribution in [3.8, 4) is 0 Å². The molecule has 0 aliphatic heterocycles. The number of amides is 1. The number of fused-ring (bicyclic) bond motifs is 1. The fourth-order valence-corrected chi connectivity index (χ4v) is 2.78. The second-order valence-electron chi connectivity index (χ2n) is 5.83. The van der Waals surface area contributed by atoms with E-state index in [1.165, 1.54) is 11.1 Å². The predicted molar refractivity (Wildman–Crippen MR) is 81.9 cm³/mol. The number of hydrogen-bond donors (Lipinski definition) is 2. The SMILES string of the molecule is CC(CC(=O)O)NC(=O)CCC(=O)c1ccc2c(c1)CCC2. The van der Waals surface area contributed by atoms with Gasteiger partial charge in [-0.2, -0.15) is 0 Å². The molecule has 0 radical (unpaired) electrons. The number of aryl methyl sites for hydroxylation is 2. The number of aliphatic carboxylic acids is 1. The Balaban J connectivity index is 1.82. The van der Waals surface area contributed by atoms with E-state index in [4.69, 9.17) is 5.11 Å². The molecule has 2 N–H and O–H groups in total. The van der Waals surface area contributed by atoms with Crippen molar-refractivity contribution in [2.45, 2.75) is 51.5 Å². The third-order valence-electron chi connectivity index (χ3n) is 3.89. The second-order valence-corrected chi connectivity index (χ2v) is 5.83. The Morgan fingerprint density at radius 2 is 1.91 bits per heavy atom. The molecule has 1 atom stereocenters. The van der Waals surface area contributed by atoms with Crippen LogP contribution in [-0.4, -0.2) is 28.8 Å². The Morgan fingerprint density at radius 3 is 2.64 bits per heavy atom. The number of rotatable bonds is 7. The standard InChI is InChI=1S/C17H21NO4/c1-11(9-17(21)22)18-16(20)8-7-15(19)14-6-5-12-3-2-4-13(12)10-14/h5-6,10-11H,2-4,7-9H2,1H3,(H,18,20)(H,21,22). The topological polar surface area (TPSA) is 83.5 Å². The van der Waals surface area contributed by atoms with Gasteiger partial charge in [0.1, 0.15) is 0 Å². The van der Waals surface area contributed by atoms with Gasteiger partial charge >= 0.3 is 5.97 Å². The summed E-state index contributed by atoms with van der Waals surface area (Å²) in [6, 6.07) is 5.34. The number of nitrogens with one attached hydrogen (secondary N) is 1. The molecule has 1 aliphatic rings. The molecule has 1 aromatic carbocycles. The molecular weight excluding hydrogens is 282 g/mol. The quantitative estimate of drug-likeness (QED) is 0.756. The van der Waals surface area contributed by atoms with Crippen molar-refractivity contribution in [1.29, 1.82) is 0 Å². The van der Waals surface area contributed by atoms with E-state index in [9.17, 15) is 14.4 Å². The van der Waals surface area contributed by atoms with Crippen molar-refractivity contribution < 1.29 is 19.5 Å². The second kappa shape index (κ2) is 7.20. The fourth-order valence-electron chi connectivity index (χ4n) is 2.78. The molecule has 1 amide bonds. The lowest BCUT2D eigenvalue weighted by molar-refractivity contribution is -0.137. The van der Waals surface area contributed by atoms with Crippen LogP contribution in [0.3, 0.4) is 0 Å². The van der Waals surface area contributed by atoms with Gasteiger partial charge in [-0.05, 0) is 43.4 Å². The first kappa shape index (κ1) is 16.2. The van der Waals surface area contributed by atoms with Gasteiger partial charge in [-0.1, -0.05) is 12.1 Å². The number of carbonyl (C=O) groups excluding carboxylic acids is 2. The average Bonchev–Trinajstić information content (AvgIpc) is 2.90. The Hall–Kier alpha value is -2.17. The van der Waals surface area contributed by atoms with Gasteiger partial charge in [-0.15, -0.1) is 0 Å². The van der Waals surface area contributed by atoms with Gasteiger partial charge in [0, 0.05) is 24.4 Å². The summed E-state index contributed by atoms with van der Waals surface area (Å²) < 4.78 is 0. The molecule has 0 spiro atoms. The first-order valence-corrected chi connectivity index (χ1v) is 7.62. The van der Waals surface area contributed by atoms with Crippen LogP contribution in [0.5, 0.6) is 0 Å². The third kappa shape index (κ3) is 4.41. The van der Waals surface area contributed by atoms with Crippen LogP contribution in [0.1, 0.15) is 54.1 Å². The van der Waals surface area contributed by atoms with Crippen LogP contribution in [0.2, 0.25) is 0 Å². The van der Waals surface area contributed by atoms with Gasteiger partial charge in [-0.3, -0.25) is 14.4 Å². The predicted octanol–water partition coefficient (Wildman–Crippen LogP) is 2.12. The van der Waals surface area contributed by atoms with Crippen molar-refractivity contribution in [3.05, 3.63) is 34.9 Å². The van der Waals surface area contributed by atoms with E-state index >= 15 is 0 Å². The molecule has 5 nitrogen and oxygen atoms in total. The van der Waals surface area contributed by atoms with Crippen molar-refractivity contribution >= 4 is 17.7 Å². The zero-order valence-corrected chi connectivity index (χ0v) is 12.7. The summed E-state index contributed by atoms with van der Waals surface area (Å²) in [7, 11) is 0. The Morgan fingerprint density at radius 1 is 1.18 bits per heavy atom. The molecule has 1 aromatic rings. The van der Waals surface area contributed by atoms with Crippen molar-refractivity contribution in [3.63, 3.8) is 0 Å². The lowest BCUT2D eigenvalue weighted by Gasteiger charge is -2.11.